The first-order valence-electron chi connectivity index (χ1n) is 6.15. The summed E-state index contributed by atoms with van der Waals surface area (Å²) >= 11 is 1.55. The SMILES string of the molecule is CN1/C(=C/C=C2C(=O)NC(=O)NC2=O)Sc2ccccc21. The Morgan fingerprint density at radius 2 is 1.71 bits per heavy atom. The molecule has 0 saturated carbocycles. The van der Waals surface area contributed by atoms with E-state index in [2.05, 4.69) is 0 Å². The van der Waals surface area contributed by atoms with Gasteiger partial charge in [0.2, 0.25) is 0 Å². The zero-order chi connectivity index (χ0) is 15.0. The number of urea groups is 1. The predicted octanol–water partition coefficient (Wildman–Crippen LogP) is 1.36. The Balaban J connectivity index is 1.87. The highest BCUT2D eigenvalue weighted by molar-refractivity contribution is 8.03. The Morgan fingerprint density at radius 1 is 1.05 bits per heavy atom. The number of hydrogen-bond acceptors (Lipinski definition) is 5. The van der Waals surface area contributed by atoms with Crippen molar-refractivity contribution in [1.82, 2.24) is 10.6 Å². The topological polar surface area (TPSA) is 78.5 Å². The van der Waals surface area contributed by atoms with Gasteiger partial charge < -0.3 is 4.90 Å². The maximum Gasteiger partial charge on any atom is 0.328 e. The number of imide groups is 2. The van der Waals surface area contributed by atoms with Crippen LogP contribution >= 0.6 is 11.8 Å². The molecule has 1 saturated heterocycles. The van der Waals surface area contributed by atoms with Gasteiger partial charge in [0.05, 0.1) is 10.7 Å². The van der Waals surface area contributed by atoms with Crippen molar-refractivity contribution in [2.75, 3.05) is 11.9 Å². The molecule has 0 spiro atoms. The molecular weight excluding hydrogens is 290 g/mol. The lowest BCUT2D eigenvalue weighted by Crippen LogP contribution is -2.51. The minimum Gasteiger partial charge on any atom is -0.338 e. The summed E-state index contributed by atoms with van der Waals surface area (Å²) in [4.78, 5) is 37.3. The fourth-order valence-electron chi connectivity index (χ4n) is 2.05. The molecular formula is C14H11N3O3S. The Labute approximate surface area is 124 Å². The van der Waals surface area contributed by atoms with E-state index in [9.17, 15) is 14.4 Å². The van der Waals surface area contributed by atoms with Crippen LogP contribution in [-0.4, -0.2) is 24.9 Å². The normalized spacial score (nSPS) is 19.5. The van der Waals surface area contributed by atoms with E-state index in [1.165, 1.54) is 6.08 Å². The highest BCUT2D eigenvalue weighted by atomic mass is 32.2. The molecule has 3 rings (SSSR count). The third kappa shape index (κ3) is 2.43. The van der Waals surface area contributed by atoms with E-state index in [1.54, 1.807) is 17.8 Å². The van der Waals surface area contributed by atoms with E-state index < -0.39 is 17.8 Å². The van der Waals surface area contributed by atoms with E-state index in [4.69, 9.17) is 0 Å². The van der Waals surface area contributed by atoms with Crippen molar-refractivity contribution in [2.24, 2.45) is 0 Å². The number of rotatable bonds is 1. The number of para-hydroxylation sites is 1. The second-order valence-corrected chi connectivity index (χ2v) is 5.51. The second-order valence-electron chi connectivity index (χ2n) is 4.45. The molecule has 21 heavy (non-hydrogen) atoms. The average Bonchev–Trinajstić information content (AvgIpc) is 2.75. The number of carbonyl (C=O) groups is 3. The zero-order valence-electron chi connectivity index (χ0n) is 11.0. The minimum absolute atomic E-state index is 0.0907. The first-order valence-corrected chi connectivity index (χ1v) is 6.97. The predicted molar refractivity (Wildman–Crippen MR) is 78.5 cm³/mol. The van der Waals surface area contributed by atoms with Gasteiger partial charge in [-0.3, -0.25) is 20.2 Å². The molecule has 106 valence electrons. The number of thioether (sulfide) groups is 1. The quantitative estimate of drug-likeness (QED) is 0.605. The summed E-state index contributed by atoms with van der Waals surface area (Å²) in [6.45, 7) is 0. The number of benzene rings is 1. The molecule has 0 aromatic heterocycles. The van der Waals surface area contributed by atoms with Crippen LogP contribution in [0.15, 0.2) is 51.9 Å². The highest BCUT2D eigenvalue weighted by Crippen LogP contribution is 2.44. The van der Waals surface area contributed by atoms with Gasteiger partial charge in [-0.1, -0.05) is 23.9 Å². The van der Waals surface area contributed by atoms with E-state index >= 15 is 0 Å². The first kappa shape index (κ1) is 13.4. The van der Waals surface area contributed by atoms with Gasteiger partial charge in [0, 0.05) is 11.9 Å². The molecule has 0 bridgehead atoms. The molecule has 0 unspecified atom stereocenters. The van der Waals surface area contributed by atoms with Crippen LogP contribution in [0.25, 0.3) is 0 Å². The fourth-order valence-corrected chi connectivity index (χ4v) is 3.10. The number of allylic oxidation sites excluding steroid dienone is 2. The number of nitrogens with zero attached hydrogens (tertiary/aromatic N) is 1. The van der Waals surface area contributed by atoms with Crippen LogP contribution in [0.1, 0.15) is 0 Å². The van der Waals surface area contributed by atoms with Crippen LogP contribution in [0.3, 0.4) is 0 Å². The number of anilines is 1. The van der Waals surface area contributed by atoms with Crippen molar-refractivity contribution in [2.45, 2.75) is 4.90 Å². The molecule has 1 aromatic carbocycles. The molecule has 2 heterocycles. The Bertz CT molecular complexity index is 702. The molecule has 2 aliphatic rings. The number of nitrogens with one attached hydrogen (secondary N) is 2. The first-order chi connectivity index (χ1) is 10.1. The van der Waals surface area contributed by atoms with Gasteiger partial charge in [-0.15, -0.1) is 0 Å². The molecule has 0 radical (unpaired) electrons. The van der Waals surface area contributed by atoms with Crippen LogP contribution in [0.4, 0.5) is 10.5 Å². The Kier molecular flexibility index (Phi) is 3.26. The molecule has 0 atom stereocenters. The lowest BCUT2D eigenvalue weighted by atomic mass is 10.2. The smallest absolute Gasteiger partial charge is 0.328 e. The summed E-state index contributed by atoms with van der Waals surface area (Å²) in [5, 5.41) is 4.96. The second kappa shape index (κ2) is 5.10. The maximum atomic E-state index is 11.6. The van der Waals surface area contributed by atoms with Gasteiger partial charge in [0.1, 0.15) is 5.57 Å². The van der Waals surface area contributed by atoms with Gasteiger partial charge in [0.15, 0.2) is 0 Å². The van der Waals surface area contributed by atoms with Crippen LogP contribution in [0.5, 0.6) is 0 Å². The number of amides is 4. The molecule has 1 fully saturated rings. The van der Waals surface area contributed by atoms with E-state index in [-0.39, 0.29) is 5.57 Å². The van der Waals surface area contributed by atoms with Crippen LogP contribution in [0, 0.1) is 0 Å². The van der Waals surface area contributed by atoms with Crippen molar-refractivity contribution >= 4 is 35.3 Å². The fraction of sp³-hybridized carbons (Fsp3) is 0.0714. The van der Waals surface area contributed by atoms with Gasteiger partial charge in [0.25, 0.3) is 11.8 Å². The zero-order valence-corrected chi connectivity index (χ0v) is 11.9. The Hall–Kier alpha value is -2.54. The standard InChI is InChI=1S/C14H11N3O3S/c1-17-9-4-2-3-5-10(9)21-11(17)7-6-8-12(18)15-14(20)16-13(8)19/h2-7H,1H3,(H2,15,16,18,19,20)/b11-7-. The van der Waals surface area contributed by atoms with Crippen molar-refractivity contribution in [1.29, 1.82) is 0 Å². The molecule has 2 N–H and O–H groups in total. The lowest BCUT2D eigenvalue weighted by Gasteiger charge is -2.14. The van der Waals surface area contributed by atoms with Crippen molar-refractivity contribution in [3.05, 3.63) is 47.0 Å². The van der Waals surface area contributed by atoms with E-state index in [0.29, 0.717) is 0 Å². The molecule has 0 aliphatic carbocycles. The largest absolute Gasteiger partial charge is 0.338 e. The molecule has 6 nitrogen and oxygen atoms in total. The van der Waals surface area contributed by atoms with Crippen molar-refractivity contribution < 1.29 is 14.4 Å². The third-order valence-corrected chi connectivity index (χ3v) is 4.29. The molecule has 7 heteroatoms. The van der Waals surface area contributed by atoms with Crippen molar-refractivity contribution in [3.8, 4) is 0 Å². The monoisotopic (exact) mass is 301 g/mol. The van der Waals surface area contributed by atoms with Crippen molar-refractivity contribution in [3.63, 3.8) is 0 Å². The summed E-state index contributed by atoms with van der Waals surface area (Å²) in [6, 6.07) is 7.10. The molecule has 2 aliphatic heterocycles. The molecule has 4 amide bonds. The summed E-state index contributed by atoms with van der Waals surface area (Å²) in [7, 11) is 1.91. The molecule has 1 aromatic rings. The number of carbonyl (C=O) groups excluding carboxylic acids is 3. The number of barbiturate groups is 1. The highest BCUT2D eigenvalue weighted by Gasteiger charge is 2.27. The van der Waals surface area contributed by atoms with Gasteiger partial charge in [-0.25, -0.2) is 4.79 Å². The van der Waals surface area contributed by atoms with Crippen LogP contribution in [0.2, 0.25) is 0 Å². The third-order valence-electron chi connectivity index (χ3n) is 3.11. The number of hydrogen-bond donors (Lipinski definition) is 2. The summed E-state index contributed by atoms with van der Waals surface area (Å²) in [5.41, 5.74) is 0.979. The van der Waals surface area contributed by atoms with Gasteiger partial charge in [-0.05, 0) is 24.3 Å². The number of fused-ring (bicyclic) bond motifs is 1. The van der Waals surface area contributed by atoms with Crippen LogP contribution < -0.4 is 15.5 Å². The lowest BCUT2D eigenvalue weighted by molar-refractivity contribution is -0.124. The summed E-state index contributed by atoms with van der Waals surface area (Å²) in [6.07, 6.45) is 3.11. The van der Waals surface area contributed by atoms with Gasteiger partial charge in [-0.2, -0.15) is 0 Å². The van der Waals surface area contributed by atoms with E-state index in [0.717, 1.165) is 15.6 Å². The summed E-state index contributed by atoms with van der Waals surface area (Å²) < 4.78 is 0. The Morgan fingerprint density at radius 3 is 2.38 bits per heavy atom. The summed E-state index contributed by atoms with van der Waals surface area (Å²) in [5.74, 6) is -1.38. The van der Waals surface area contributed by atoms with E-state index in [1.807, 2.05) is 46.8 Å². The average molecular weight is 301 g/mol. The van der Waals surface area contributed by atoms with Gasteiger partial charge >= 0.3 is 6.03 Å². The minimum atomic E-state index is -0.797. The maximum absolute atomic E-state index is 11.6. The van der Waals surface area contributed by atoms with Crippen LogP contribution in [-0.2, 0) is 9.59 Å².